The topological polar surface area (TPSA) is 94.1 Å². The van der Waals surface area contributed by atoms with Gasteiger partial charge in [0.1, 0.15) is 0 Å². The molecule has 0 fully saturated rings. The Morgan fingerprint density at radius 2 is 1.96 bits per heavy atom. The summed E-state index contributed by atoms with van der Waals surface area (Å²) >= 11 is 5.19. The van der Waals surface area contributed by atoms with Gasteiger partial charge >= 0.3 is 0 Å². The van der Waals surface area contributed by atoms with Gasteiger partial charge in [-0.05, 0) is 29.9 Å². The zero-order chi connectivity index (χ0) is 20.9. The van der Waals surface area contributed by atoms with Crippen LogP contribution in [0.15, 0.2) is 12.3 Å². The van der Waals surface area contributed by atoms with Crippen LogP contribution in [0.5, 0.6) is 0 Å². The number of ether oxygens (including phenoxy) is 1. The molecule has 0 aromatic heterocycles. The predicted octanol–water partition coefficient (Wildman–Crippen LogP) is 1.76. The van der Waals surface area contributed by atoms with E-state index in [4.69, 9.17) is 21.1 Å². The standard InChI is InChI=1S/C18H35N2O5PS/c1-17(2,3)9-14(11-24-26(23,27)12-18(4,5)6)25-16(10-21)20-8-7-15(22)19-13-20/h7-8,14,16,21H,9-13H2,1-6H3,(H,19,22)(H,23,27)/p-1/t14-,16-,26?/m1/s1. The number of amides is 1. The third kappa shape index (κ3) is 10.6. The summed E-state index contributed by atoms with van der Waals surface area (Å²) in [5, 5.41) is 12.4. The van der Waals surface area contributed by atoms with Crippen molar-refractivity contribution in [1.82, 2.24) is 10.2 Å². The minimum atomic E-state index is -3.17. The zero-order valence-electron chi connectivity index (χ0n) is 17.2. The Kier molecular flexibility index (Phi) is 8.92. The van der Waals surface area contributed by atoms with E-state index >= 15 is 0 Å². The van der Waals surface area contributed by atoms with Crippen molar-refractivity contribution >= 4 is 24.2 Å². The molecule has 2 N–H and O–H groups in total. The molecule has 0 saturated carbocycles. The molecule has 1 heterocycles. The number of nitrogens with one attached hydrogen (secondary N) is 1. The molecule has 0 saturated heterocycles. The molecule has 7 nitrogen and oxygen atoms in total. The Balaban J connectivity index is 2.79. The first kappa shape index (κ1) is 24.5. The van der Waals surface area contributed by atoms with Gasteiger partial charge in [-0.15, -0.1) is 0 Å². The minimum absolute atomic E-state index is 0.0601. The van der Waals surface area contributed by atoms with Crippen LogP contribution in [0.4, 0.5) is 0 Å². The molecule has 0 aromatic carbocycles. The van der Waals surface area contributed by atoms with Crippen LogP contribution in [0.3, 0.4) is 0 Å². The van der Waals surface area contributed by atoms with Crippen molar-refractivity contribution in [2.24, 2.45) is 10.8 Å². The third-order valence-corrected chi connectivity index (χ3v) is 6.28. The highest BCUT2D eigenvalue weighted by Crippen LogP contribution is 2.44. The van der Waals surface area contributed by atoms with E-state index in [1.54, 1.807) is 11.1 Å². The van der Waals surface area contributed by atoms with Crippen molar-refractivity contribution in [3.05, 3.63) is 12.3 Å². The second-order valence-corrected chi connectivity index (χ2v) is 12.8. The maximum absolute atomic E-state index is 12.6. The number of hydrogen-bond acceptors (Lipinski definition) is 7. The Morgan fingerprint density at radius 1 is 1.33 bits per heavy atom. The molecule has 0 bridgehead atoms. The van der Waals surface area contributed by atoms with Crippen LogP contribution in [-0.4, -0.2) is 54.3 Å². The van der Waals surface area contributed by atoms with Crippen molar-refractivity contribution in [1.29, 1.82) is 0 Å². The van der Waals surface area contributed by atoms with Crippen LogP contribution in [0, 0.1) is 10.8 Å². The lowest BCUT2D eigenvalue weighted by atomic mass is 9.89. The summed E-state index contributed by atoms with van der Waals surface area (Å²) in [4.78, 5) is 25.6. The Labute approximate surface area is 168 Å². The van der Waals surface area contributed by atoms with E-state index in [2.05, 4.69) is 26.1 Å². The van der Waals surface area contributed by atoms with Crippen molar-refractivity contribution in [2.75, 3.05) is 26.0 Å². The van der Waals surface area contributed by atoms with E-state index in [0.29, 0.717) is 12.6 Å². The van der Waals surface area contributed by atoms with Crippen molar-refractivity contribution < 1.29 is 24.1 Å². The number of hydrogen-bond donors (Lipinski definition) is 2. The molecule has 1 rings (SSSR count). The van der Waals surface area contributed by atoms with Gasteiger partial charge in [0.25, 0.3) is 0 Å². The monoisotopic (exact) mass is 421 g/mol. The Morgan fingerprint density at radius 3 is 2.41 bits per heavy atom. The maximum atomic E-state index is 12.6. The summed E-state index contributed by atoms with van der Waals surface area (Å²) in [5.74, 6) is -0.188. The number of carbonyl (C=O) groups is 1. The average Bonchev–Trinajstić information content (AvgIpc) is 2.47. The lowest BCUT2D eigenvalue weighted by molar-refractivity contribution is -0.190. The molecular weight excluding hydrogens is 387 g/mol. The first-order valence-electron chi connectivity index (χ1n) is 9.13. The Bertz CT molecular complexity index is 571. The van der Waals surface area contributed by atoms with Gasteiger partial charge in [-0.1, -0.05) is 53.3 Å². The second-order valence-electron chi connectivity index (χ2n) is 9.31. The number of aliphatic hydroxyl groups is 1. The average molecular weight is 422 g/mol. The van der Waals surface area contributed by atoms with Crippen molar-refractivity contribution in [3.63, 3.8) is 0 Å². The number of aliphatic hydroxyl groups excluding tert-OH is 1. The predicted molar refractivity (Wildman–Crippen MR) is 108 cm³/mol. The molecule has 1 aliphatic heterocycles. The van der Waals surface area contributed by atoms with Gasteiger partial charge in [0.05, 0.1) is 26.0 Å². The van der Waals surface area contributed by atoms with E-state index in [9.17, 15) is 14.8 Å². The lowest BCUT2D eigenvalue weighted by Crippen LogP contribution is -2.48. The SMILES string of the molecule is CC(C)(C)C[C@H](COP([O-])(=S)CC(C)(C)C)O[C@H](CO)N1C=CC(=O)NC1. The van der Waals surface area contributed by atoms with Gasteiger partial charge in [-0.25, -0.2) is 0 Å². The summed E-state index contributed by atoms with van der Waals surface area (Å²) in [6.07, 6.45) is 2.87. The van der Waals surface area contributed by atoms with Gasteiger partial charge in [0.2, 0.25) is 5.91 Å². The van der Waals surface area contributed by atoms with Crippen LogP contribution < -0.4 is 10.2 Å². The smallest absolute Gasteiger partial charge is 0.246 e. The van der Waals surface area contributed by atoms with E-state index in [1.165, 1.54) is 6.08 Å². The van der Waals surface area contributed by atoms with Crippen LogP contribution in [0.25, 0.3) is 0 Å². The zero-order valence-corrected chi connectivity index (χ0v) is 18.9. The van der Waals surface area contributed by atoms with Crippen molar-refractivity contribution in [2.45, 2.75) is 60.3 Å². The van der Waals surface area contributed by atoms with E-state index in [1.807, 2.05) is 20.8 Å². The molecule has 9 heteroatoms. The first-order valence-corrected chi connectivity index (χ1v) is 12.0. The third-order valence-electron chi connectivity index (χ3n) is 3.69. The van der Waals surface area contributed by atoms with Gasteiger partial charge in [-0.3, -0.25) is 4.79 Å². The summed E-state index contributed by atoms with van der Waals surface area (Å²) in [5.41, 5.74) is -0.252. The molecule has 27 heavy (non-hydrogen) atoms. The molecule has 1 aliphatic rings. The quantitative estimate of drug-likeness (QED) is 0.548. The van der Waals surface area contributed by atoms with Gasteiger partial charge in [0.15, 0.2) is 6.23 Å². The number of rotatable bonds is 9. The first-order chi connectivity index (χ1) is 12.2. The van der Waals surface area contributed by atoms with Gasteiger partial charge in [0, 0.05) is 12.3 Å². The fourth-order valence-corrected chi connectivity index (χ4v) is 5.73. The van der Waals surface area contributed by atoms with Crippen LogP contribution in [0.2, 0.25) is 0 Å². The molecule has 1 unspecified atom stereocenters. The van der Waals surface area contributed by atoms with Gasteiger partial charge in [-0.2, -0.15) is 0 Å². The maximum Gasteiger partial charge on any atom is 0.246 e. The molecule has 0 aromatic rings. The molecule has 0 aliphatic carbocycles. The highest BCUT2D eigenvalue weighted by Gasteiger charge is 2.27. The summed E-state index contributed by atoms with van der Waals surface area (Å²) in [6.45, 7) is 9.03. The second kappa shape index (κ2) is 9.81. The Hall–Kier alpha value is -0.500. The van der Waals surface area contributed by atoms with Crippen molar-refractivity contribution in [3.8, 4) is 0 Å². The highest BCUT2D eigenvalue weighted by atomic mass is 32.5. The highest BCUT2D eigenvalue weighted by molar-refractivity contribution is 8.08. The van der Waals surface area contributed by atoms with Crippen LogP contribution in [-0.2, 0) is 25.9 Å². The summed E-state index contributed by atoms with van der Waals surface area (Å²) in [7, 11) is 0. The van der Waals surface area contributed by atoms with E-state index in [-0.39, 0.29) is 36.6 Å². The number of nitrogens with zero attached hydrogens (tertiary/aromatic N) is 1. The number of carbonyl (C=O) groups excluding carboxylic acids is 1. The normalized spacial score (nSPS) is 20.1. The molecular formula is C18H34N2O5PS-. The minimum Gasteiger partial charge on any atom is -0.801 e. The lowest BCUT2D eigenvalue weighted by Gasteiger charge is -2.38. The molecule has 158 valence electrons. The van der Waals surface area contributed by atoms with Crippen LogP contribution >= 0.6 is 6.49 Å². The van der Waals surface area contributed by atoms with E-state index in [0.717, 1.165) is 0 Å². The summed E-state index contributed by atoms with van der Waals surface area (Å²) < 4.78 is 11.7. The van der Waals surface area contributed by atoms with Gasteiger partial charge < -0.3 is 29.5 Å². The molecule has 0 radical (unpaired) electrons. The van der Waals surface area contributed by atoms with Crippen LogP contribution in [0.1, 0.15) is 48.0 Å². The molecule has 3 atom stereocenters. The fourth-order valence-electron chi connectivity index (χ4n) is 2.74. The molecule has 0 spiro atoms. The molecule has 1 amide bonds. The summed E-state index contributed by atoms with van der Waals surface area (Å²) in [6, 6.07) is 0. The largest absolute Gasteiger partial charge is 0.801 e. The van der Waals surface area contributed by atoms with E-state index < -0.39 is 18.8 Å². The fraction of sp³-hybridized carbons (Fsp3) is 0.833.